The molecule has 3 aliphatic rings. The summed E-state index contributed by atoms with van der Waals surface area (Å²) in [4.78, 5) is 50.3. The third-order valence-electron chi connectivity index (χ3n) is 6.96. The number of aryl methyl sites for hydroxylation is 1. The van der Waals surface area contributed by atoms with Gasteiger partial charge < -0.3 is 15.0 Å². The summed E-state index contributed by atoms with van der Waals surface area (Å²) in [6.45, 7) is 2.12. The molecular formula is C24H27ClN4O4S. The minimum absolute atomic E-state index is 0.0118. The Hall–Kier alpha value is -2.36. The zero-order valence-electron chi connectivity index (χ0n) is 18.9. The molecule has 10 heteroatoms. The third-order valence-corrected chi connectivity index (χ3v) is 8.39. The fraction of sp³-hybridized carbons (Fsp3) is 0.542. The highest BCUT2D eigenvalue weighted by Gasteiger charge is 2.53. The molecule has 0 aromatic carbocycles. The van der Waals surface area contributed by atoms with Crippen LogP contribution in [0.5, 0.6) is 0 Å². The van der Waals surface area contributed by atoms with Crippen LogP contribution in [-0.4, -0.2) is 69.2 Å². The molecule has 8 nitrogen and oxygen atoms in total. The third kappa shape index (κ3) is 4.48. The van der Waals surface area contributed by atoms with Gasteiger partial charge in [0.05, 0.1) is 10.3 Å². The van der Waals surface area contributed by atoms with Gasteiger partial charge in [-0.1, -0.05) is 19.3 Å². The number of hydrogen-bond donors (Lipinski definition) is 1. The van der Waals surface area contributed by atoms with Crippen LogP contribution in [0.15, 0.2) is 24.5 Å². The fourth-order valence-corrected chi connectivity index (χ4v) is 6.44. The lowest BCUT2D eigenvalue weighted by atomic mass is 9.83. The highest BCUT2D eigenvalue weighted by Crippen LogP contribution is 2.34. The Morgan fingerprint density at radius 1 is 1.26 bits per heavy atom. The number of Topliss-reactive ketones (excluding diaryl/α,β-unsaturated/α-hetero) is 1. The molecule has 3 fully saturated rings. The van der Waals surface area contributed by atoms with Crippen molar-refractivity contribution in [3.05, 3.63) is 35.2 Å². The number of fused-ring (bicyclic) bond motifs is 1. The molecule has 2 saturated heterocycles. The summed E-state index contributed by atoms with van der Waals surface area (Å²) in [7, 11) is 0. The molecule has 4 atom stereocenters. The zero-order chi connectivity index (χ0) is 23.8. The topological polar surface area (TPSA) is 101 Å². The van der Waals surface area contributed by atoms with Crippen LogP contribution in [-0.2, 0) is 14.3 Å². The van der Waals surface area contributed by atoms with Crippen molar-refractivity contribution in [2.45, 2.75) is 62.6 Å². The van der Waals surface area contributed by atoms with Gasteiger partial charge in [-0.2, -0.15) is 0 Å². The maximum atomic E-state index is 13.7. The van der Waals surface area contributed by atoms with Gasteiger partial charge in [-0.15, -0.1) is 22.9 Å². The normalized spacial score (nSPS) is 25.9. The van der Waals surface area contributed by atoms with Gasteiger partial charge in [-0.25, -0.2) is 4.98 Å². The van der Waals surface area contributed by atoms with E-state index in [4.69, 9.17) is 16.3 Å². The standard InChI is InChI=1S/C24H27ClN4O4S/c1-13-9-15(7-8-26-13)18-10-27-23(34-18)22(31)28-19(14-5-3-2-4-6-14)24(32)29-11-16(25)21-20(29)17(30)12-33-21/h7-10,14,16,19-21H,2-6,11-12H2,1H3,(H,28,31)/t16-,19-,20+,21+/m0/s1. The van der Waals surface area contributed by atoms with Crippen molar-refractivity contribution < 1.29 is 19.1 Å². The number of ketones is 1. The minimum atomic E-state index is -0.723. The Morgan fingerprint density at radius 3 is 2.82 bits per heavy atom. The molecule has 2 aromatic heterocycles. The number of carbonyl (C=O) groups excluding carboxylic acids is 3. The molecule has 0 radical (unpaired) electrons. The van der Waals surface area contributed by atoms with E-state index in [-0.39, 0.29) is 36.7 Å². The maximum absolute atomic E-state index is 13.7. The minimum Gasteiger partial charge on any atom is -0.366 e. The van der Waals surface area contributed by atoms with Crippen LogP contribution >= 0.6 is 22.9 Å². The van der Waals surface area contributed by atoms with Gasteiger partial charge >= 0.3 is 0 Å². The van der Waals surface area contributed by atoms with Crippen LogP contribution < -0.4 is 5.32 Å². The fourth-order valence-electron chi connectivity index (χ4n) is 5.27. The number of halogens is 1. The molecule has 0 bridgehead atoms. The second-order valence-corrected chi connectivity index (χ2v) is 10.8. The lowest BCUT2D eigenvalue weighted by Crippen LogP contribution is -2.55. The summed E-state index contributed by atoms with van der Waals surface area (Å²) >= 11 is 7.69. The molecule has 2 amide bonds. The molecule has 180 valence electrons. The summed E-state index contributed by atoms with van der Waals surface area (Å²) in [5, 5.41) is 2.84. The van der Waals surface area contributed by atoms with Gasteiger partial charge in [-0.3, -0.25) is 19.4 Å². The average molecular weight is 503 g/mol. The van der Waals surface area contributed by atoms with Gasteiger partial charge in [0.2, 0.25) is 5.91 Å². The Bertz CT molecular complexity index is 1100. The van der Waals surface area contributed by atoms with Crippen molar-refractivity contribution in [1.29, 1.82) is 0 Å². The SMILES string of the molecule is Cc1cc(-c2cnc(C(=O)N[C@H](C(=O)N3C[C@H](Cl)[C@H]4OCC(=O)[C@H]43)C3CCCCC3)s2)ccn1. The van der Waals surface area contributed by atoms with Crippen LogP contribution in [0.3, 0.4) is 0 Å². The number of pyridine rings is 1. The smallest absolute Gasteiger partial charge is 0.280 e. The van der Waals surface area contributed by atoms with Crippen LogP contribution in [0.2, 0.25) is 0 Å². The van der Waals surface area contributed by atoms with Gasteiger partial charge in [0, 0.05) is 24.6 Å². The number of thiazole rings is 1. The largest absolute Gasteiger partial charge is 0.366 e. The molecule has 34 heavy (non-hydrogen) atoms. The van der Waals surface area contributed by atoms with Crippen molar-refractivity contribution in [3.8, 4) is 10.4 Å². The predicted octanol–water partition coefficient (Wildman–Crippen LogP) is 2.98. The monoisotopic (exact) mass is 502 g/mol. The van der Waals surface area contributed by atoms with E-state index in [2.05, 4.69) is 15.3 Å². The van der Waals surface area contributed by atoms with E-state index in [1.807, 2.05) is 19.1 Å². The first-order valence-corrected chi connectivity index (χ1v) is 13.0. The molecule has 1 aliphatic carbocycles. The Morgan fingerprint density at radius 2 is 2.06 bits per heavy atom. The highest BCUT2D eigenvalue weighted by atomic mass is 35.5. The van der Waals surface area contributed by atoms with Crippen molar-refractivity contribution in [2.75, 3.05) is 13.2 Å². The molecule has 1 N–H and O–H groups in total. The Balaban J connectivity index is 1.37. The molecule has 2 aliphatic heterocycles. The Kier molecular flexibility index (Phi) is 6.68. The summed E-state index contributed by atoms with van der Waals surface area (Å²) in [6, 6.07) is 2.43. The van der Waals surface area contributed by atoms with Crippen molar-refractivity contribution >= 4 is 40.5 Å². The van der Waals surface area contributed by atoms with E-state index < -0.39 is 23.6 Å². The number of carbonyl (C=O) groups is 3. The second kappa shape index (κ2) is 9.71. The first-order chi connectivity index (χ1) is 16.4. The maximum Gasteiger partial charge on any atom is 0.280 e. The molecule has 4 heterocycles. The number of hydrogen-bond acceptors (Lipinski definition) is 7. The van der Waals surface area contributed by atoms with Crippen molar-refractivity contribution in [1.82, 2.24) is 20.2 Å². The van der Waals surface area contributed by atoms with Crippen LogP contribution in [0.4, 0.5) is 0 Å². The van der Waals surface area contributed by atoms with Gasteiger partial charge in [0.25, 0.3) is 5.91 Å². The van der Waals surface area contributed by atoms with Crippen LogP contribution in [0, 0.1) is 12.8 Å². The van der Waals surface area contributed by atoms with Crippen LogP contribution in [0.25, 0.3) is 10.4 Å². The number of rotatable bonds is 5. The lowest BCUT2D eigenvalue weighted by Gasteiger charge is -2.34. The molecule has 0 spiro atoms. The first-order valence-electron chi connectivity index (χ1n) is 11.7. The van der Waals surface area contributed by atoms with Gasteiger partial charge in [0.15, 0.2) is 10.8 Å². The van der Waals surface area contributed by atoms with E-state index in [0.717, 1.165) is 48.2 Å². The summed E-state index contributed by atoms with van der Waals surface area (Å²) in [5.74, 6) is -0.748. The quantitative estimate of drug-likeness (QED) is 0.631. The van der Waals surface area contributed by atoms with Crippen molar-refractivity contribution in [3.63, 3.8) is 0 Å². The lowest BCUT2D eigenvalue weighted by molar-refractivity contribution is -0.139. The summed E-state index contributed by atoms with van der Waals surface area (Å²) in [5.41, 5.74) is 1.83. The molecule has 2 aromatic rings. The summed E-state index contributed by atoms with van der Waals surface area (Å²) in [6.07, 6.45) is 7.77. The number of nitrogens with zero attached hydrogens (tertiary/aromatic N) is 3. The van der Waals surface area contributed by atoms with Crippen LogP contribution in [0.1, 0.15) is 47.6 Å². The number of likely N-dealkylation sites (tertiary alicyclic amines) is 1. The van der Waals surface area contributed by atoms with E-state index >= 15 is 0 Å². The predicted molar refractivity (Wildman–Crippen MR) is 128 cm³/mol. The van der Waals surface area contributed by atoms with Gasteiger partial charge in [0.1, 0.15) is 24.8 Å². The van der Waals surface area contributed by atoms with E-state index in [0.29, 0.717) is 5.01 Å². The Labute approximate surface area is 207 Å². The molecule has 5 rings (SSSR count). The number of ether oxygens (including phenoxy) is 1. The van der Waals surface area contributed by atoms with E-state index in [9.17, 15) is 14.4 Å². The first kappa shape index (κ1) is 23.4. The average Bonchev–Trinajstić information content (AvgIpc) is 3.56. The highest BCUT2D eigenvalue weighted by molar-refractivity contribution is 7.17. The van der Waals surface area contributed by atoms with E-state index in [1.165, 1.54) is 16.2 Å². The number of alkyl halides is 1. The number of amides is 2. The summed E-state index contributed by atoms with van der Waals surface area (Å²) < 4.78 is 5.54. The van der Waals surface area contributed by atoms with Crippen molar-refractivity contribution in [2.24, 2.45) is 5.92 Å². The zero-order valence-corrected chi connectivity index (χ0v) is 20.5. The number of nitrogens with one attached hydrogen (secondary N) is 1. The second-order valence-electron chi connectivity index (χ2n) is 9.26. The molecular weight excluding hydrogens is 476 g/mol. The number of aromatic nitrogens is 2. The van der Waals surface area contributed by atoms with E-state index in [1.54, 1.807) is 12.4 Å². The molecule has 1 saturated carbocycles. The molecule has 0 unspecified atom stereocenters. The van der Waals surface area contributed by atoms with Gasteiger partial charge in [-0.05, 0) is 43.4 Å².